The van der Waals surface area contributed by atoms with Gasteiger partial charge in [0.2, 0.25) is 12.7 Å². The first kappa shape index (κ1) is 26.5. The Labute approximate surface area is 241 Å². The van der Waals surface area contributed by atoms with Gasteiger partial charge in [0.1, 0.15) is 5.52 Å². The molecule has 1 aliphatic rings. The number of nitrogens with zero attached hydrogens (tertiary/aromatic N) is 1. The van der Waals surface area contributed by atoms with Gasteiger partial charge in [-0.25, -0.2) is 0 Å². The summed E-state index contributed by atoms with van der Waals surface area (Å²) >= 11 is 0. The Hall–Kier alpha value is -5.75. The fourth-order valence-electron chi connectivity index (χ4n) is 4.57. The van der Waals surface area contributed by atoms with Crippen LogP contribution >= 0.6 is 0 Å². The molecule has 0 fully saturated rings. The molecular weight excluding hydrogens is 534 g/mol. The maximum absolute atomic E-state index is 12.8. The van der Waals surface area contributed by atoms with Crippen LogP contribution in [0, 0.1) is 11.8 Å². The molecule has 0 bridgehead atoms. The van der Waals surface area contributed by atoms with E-state index < -0.39 is 11.9 Å². The smallest absolute Gasteiger partial charge is 0.304 e. The van der Waals surface area contributed by atoms with Crippen molar-refractivity contribution in [3.05, 3.63) is 108 Å². The Morgan fingerprint density at radius 3 is 2.60 bits per heavy atom. The zero-order valence-electron chi connectivity index (χ0n) is 22.3. The largest absolute Gasteiger partial charge is 0.481 e. The van der Waals surface area contributed by atoms with Gasteiger partial charge in [-0.15, -0.1) is 0 Å². The minimum absolute atomic E-state index is 0.133. The zero-order valence-corrected chi connectivity index (χ0v) is 22.3. The van der Waals surface area contributed by atoms with E-state index in [1.54, 1.807) is 48.5 Å². The van der Waals surface area contributed by atoms with Gasteiger partial charge >= 0.3 is 5.97 Å². The van der Waals surface area contributed by atoms with Crippen molar-refractivity contribution in [2.45, 2.75) is 18.8 Å². The number of carboxylic acid groups (broad SMARTS) is 1. The molecule has 3 N–H and O–H groups in total. The first-order valence-electron chi connectivity index (χ1n) is 13.2. The van der Waals surface area contributed by atoms with Crippen LogP contribution in [0.5, 0.6) is 11.5 Å². The Morgan fingerprint density at radius 2 is 1.74 bits per heavy atom. The lowest BCUT2D eigenvalue weighted by Gasteiger charge is -2.09. The number of fused-ring (bicyclic) bond motifs is 2. The van der Waals surface area contributed by atoms with Crippen LogP contribution < -0.4 is 20.1 Å². The van der Waals surface area contributed by atoms with Crippen molar-refractivity contribution >= 4 is 40.4 Å². The van der Waals surface area contributed by atoms with Gasteiger partial charge < -0.3 is 29.6 Å². The highest BCUT2D eigenvalue weighted by atomic mass is 16.7. The summed E-state index contributed by atoms with van der Waals surface area (Å²) in [6.45, 7) is 0.133. The van der Waals surface area contributed by atoms with Crippen LogP contribution in [0.1, 0.15) is 29.0 Å². The summed E-state index contributed by atoms with van der Waals surface area (Å²) < 4.78 is 16.6. The molecule has 1 unspecified atom stereocenters. The predicted octanol–water partition coefficient (Wildman–Crippen LogP) is 6.09. The molecule has 9 heteroatoms. The second kappa shape index (κ2) is 11.8. The van der Waals surface area contributed by atoms with Gasteiger partial charge in [0.15, 0.2) is 17.1 Å². The third-order valence-corrected chi connectivity index (χ3v) is 6.56. The first-order chi connectivity index (χ1) is 20.5. The molecule has 0 aliphatic carbocycles. The van der Waals surface area contributed by atoms with Gasteiger partial charge in [0, 0.05) is 16.9 Å². The summed E-state index contributed by atoms with van der Waals surface area (Å²) in [6, 6.07) is 27.9. The van der Waals surface area contributed by atoms with Crippen molar-refractivity contribution in [1.29, 1.82) is 0 Å². The second-order valence-electron chi connectivity index (χ2n) is 9.65. The molecule has 4 aromatic carbocycles. The molecule has 1 amide bonds. The van der Waals surface area contributed by atoms with E-state index in [1.165, 1.54) is 0 Å². The van der Waals surface area contributed by atoms with Crippen LogP contribution in [-0.2, 0) is 16.0 Å². The van der Waals surface area contributed by atoms with Gasteiger partial charge in [0.05, 0.1) is 18.8 Å². The van der Waals surface area contributed by atoms with E-state index in [0.717, 1.165) is 16.8 Å². The number of amides is 1. The van der Waals surface area contributed by atoms with Gasteiger partial charge in [-0.3, -0.25) is 9.59 Å². The molecule has 0 spiro atoms. The first-order valence-corrected chi connectivity index (χ1v) is 13.2. The van der Waals surface area contributed by atoms with Crippen molar-refractivity contribution in [3.8, 4) is 23.3 Å². The topological polar surface area (TPSA) is 123 Å². The number of nitrogens with one attached hydrogen (secondary N) is 2. The Balaban J connectivity index is 1.12. The molecule has 0 radical (unpaired) electrons. The number of rotatable bonds is 8. The van der Waals surface area contributed by atoms with Gasteiger partial charge in [-0.05, 0) is 65.7 Å². The monoisotopic (exact) mass is 559 g/mol. The maximum atomic E-state index is 12.8. The van der Waals surface area contributed by atoms with Crippen LogP contribution in [0.15, 0.2) is 95.4 Å². The van der Waals surface area contributed by atoms with Crippen LogP contribution in [0.25, 0.3) is 11.1 Å². The van der Waals surface area contributed by atoms with Gasteiger partial charge in [0.25, 0.3) is 6.01 Å². The number of para-hydroxylation sites is 1. The van der Waals surface area contributed by atoms with Crippen LogP contribution in [0.3, 0.4) is 0 Å². The molecular formula is C33H25N3O6. The highest BCUT2D eigenvalue weighted by Gasteiger charge is 2.19. The summed E-state index contributed by atoms with van der Waals surface area (Å²) in [6.07, 6.45) is -0.0266. The number of ether oxygens (including phenoxy) is 2. The number of carbonyl (C=O) groups excluding carboxylic acids is 1. The van der Waals surface area contributed by atoms with Crippen molar-refractivity contribution < 1.29 is 28.6 Å². The molecule has 0 saturated carbocycles. The van der Waals surface area contributed by atoms with Gasteiger partial charge in [-0.1, -0.05) is 48.2 Å². The fraction of sp³-hybridized carbons (Fsp3) is 0.121. The zero-order chi connectivity index (χ0) is 28.9. The average Bonchev–Trinajstić information content (AvgIpc) is 3.61. The van der Waals surface area contributed by atoms with E-state index in [0.29, 0.717) is 39.9 Å². The standard InChI is InChI=1S/C33H25N3O6/c37-31(17-22-10-13-27-29(16-22)42-33(36-27)35-25-6-2-1-3-7-25)34-26-8-4-5-21(15-26)9-11-24(19-32(38)39)23-12-14-28-30(18-23)41-20-40-28/h1-8,10,12-16,18,24H,17,19-20H2,(H,34,37)(H,35,36)(H,38,39). The molecule has 42 heavy (non-hydrogen) atoms. The molecule has 208 valence electrons. The van der Waals surface area contributed by atoms with Crippen LogP contribution in [0.2, 0.25) is 0 Å². The van der Waals surface area contributed by atoms with E-state index >= 15 is 0 Å². The normalized spacial score (nSPS) is 12.3. The number of hydrogen-bond acceptors (Lipinski definition) is 7. The molecule has 6 rings (SSSR count). The fourth-order valence-corrected chi connectivity index (χ4v) is 4.57. The van der Waals surface area contributed by atoms with E-state index in [-0.39, 0.29) is 25.5 Å². The lowest BCUT2D eigenvalue weighted by atomic mass is 9.95. The third-order valence-electron chi connectivity index (χ3n) is 6.56. The highest BCUT2D eigenvalue weighted by Crippen LogP contribution is 2.35. The van der Waals surface area contributed by atoms with Crippen LogP contribution in [-0.4, -0.2) is 28.8 Å². The lowest BCUT2D eigenvalue weighted by molar-refractivity contribution is -0.137. The van der Waals surface area contributed by atoms with Crippen molar-refractivity contribution in [1.82, 2.24) is 4.98 Å². The molecule has 9 nitrogen and oxygen atoms in total. The summed E-state index contributed by atoms with van der Waals surface area (Å²) in [4.78, 5) is 28.8. The average molecular weight is 560 g/mol. The molecule has 0 saturated heterocycles. The van der Waals surface area contributed by atoms with E-state index in [4.69, 9.17) is 13.9 Å². The SMILES string of the molecule is O=C(O)CC(C#Cc1cccc(NC(=O)Cc2ccc3nc(Nc4ccccc4)oc3c2)c1)c1ccc2c(c1)OCO2. The second-order valence-corrected chi connectivity index (χ2v) is 9.65. The molecule has 1 aliphatic heterocycles. The summed E-state index contributed by atoms with van der Waals surface area (Å²) in [5, 5.41) is 15.5. The quantitative estimate of drug-likeness (QED) is 0.195. The maximum Gasteiger partial charge on any atom is 0.304 e. The number of aliphatic carboxylic acids is 1. The molecule has 1 aromatic heterocycles. The number of carboxylic acids is 1. The van der Waals surface area contributed by atoms with E-state index in [9.17, 15) is 14.7 Å². The minimum atomic E-state index is -0.958. The number of benzene rings is 4. The number of oxazole rings is 1. The molecule has 1 atom stereocenters. The summed E-state index contributed by atoms with van der Waals surface area (Å²) in [7, 11) is 0. The minimum Gasteiger partial charge on any atom is -0.481 e. The summed E-state index contributed by atoms with van der Waals surface area (Å²) in [5.74, 6) is 5.60. The van der Waals surface area contributed by atoms with Crippen molar-refractivity contribution in [3.63, 3.8) is 0 Å². The Kier molecular flexibility index (Phi) is 7.42. The molecule has 2 heterocycles. The Morgan fingerprint density at radius 1 is 0.905 bits per heavy atom. The van der Waals surface area contributed by atoms with Crippen molar-refractivity contribution in [2.75, 3.05) is 17.4 Å². The number of carbonyl (C=O) groups is 2. The summed E-state index contributed by atoms with van der Waals surface area (Å²) in [5.41, 5.74) is 4.86. The lowest BCUT2D eigenvalue weighted by Crippen LogP contribution is -2.14. The van der Waals surface area contributed by atoms with Crippen molar-refractivity contribution in [2.24, 2.45) is 0 Å². The van der Waals surface area contributed by atoms with Crippen LogP contribution in [0.4, 0.5) is 17.4 Å². The number of hydrogen-bond donors (Lipinski definition) is 3. The number of aromatic nitrogens is 1. The van der Waals surface area contributed by atoms with E-state index in [2.05, 4.69) is 27.5 Å². The molecule has 5 aromatic rings. The van der Waals surface area contributed by atoms with Gasteiger partial charge in [-0.2, -0.15) is 4.98 Å². The predicted molar refractivity (Wildman–Crippen MR) is 157 cm³/mol. The van der Waals surface area contributed by atoms with E-state index in [1.807, 2.05) is 42.5 Å². The Bertz CT molecular complexity index is 1840. The highest BCUT2D eigenvalue weighted by molar-refractivity contribution is 5.93. The number of anilines is 3. The third kappa shape index (κ3) is 6.35.